The molecule has 2 aromatic heterocycles. The van der Waals surface area contributed by atoms with Gasteiger partial charge in [0.1, 0.15) is 0 Å². The first-order valence-corrected chi connectivity index (χ1v) is 7.98. The van der Waals surface area contributed by atoms with E-state index in [1.54, 1.807) is 10.7 Å². The number of hydrogen-bond acceptors (Lipinski definition) is 4. The second-order valence-corrected chi connectivity index (χ2v) is 6.34. The third-order valence-corrected chi connectivity index (χ3v) is 5.05. The van der Waals surface area contributed by atoms with Crippen molar-refractivity contribution in [3.63, 3.8) is 0 Å². The summed E-state index contributed by atoms with van der Waals surface area (Å²) in [5.41, 5.74) is 3.12. The van der Waals surface area contributed by atoms with Gasteiger partial charge < -0.3 is 5.32 Å². The van der Waals surface area contributed by atoms with Gasteiger partial charge in [-0.3, -0.25) is 4.79 Å². The zero-order valence-corrected chi connectivity index (χ0v) is 12.5. The van der Waals surface area contributed by atoms with Crippen LogP contribution in [0, 0.1) is 19.8 Å². The van der Waals surface area contributed by atoms with Crippen molar-refractivity contribution < 1.29 is 4.79 Å². The lowest BCUT2D eigenvalue weighted by molar-refractivity contribution is 0.0950. The van der Waals surface area contributed by atoms with Crippen LogP contribution in [-0.4, -0.2) is 38.6 Å². The third kappa shape index (κ3) is 2.52. The van der Waals surface area contributed by atoms with Crippen LogP contribution in [0.1, 0.15) is 28.2 Å². The summed E-state index contributed by atoms with van der Waals surface area (Å²) in [5.74, 6) is 3.18. The number of thioether (sulfide) groups is 1. The van der Waals surface area contributed by atoms with Gasteiger partial charge in [0, 0.05) is 18.8 Å². The van der Waals surface area contributed by atoms with Crippen molar-refractivity contribution in [2.24, 2.45) is 5.92 Å². The van der Waals surface area contributed by atoms with Gasteiger partial charge in [0.25, 0.3) is 5.91 Å². The maximum atomic E-state index is 12.2. The summed E-state index contributed by atoms with van der Waals surface area (Å²) in [5, 5.41) is 7.34. The van der Waals surface area contributed by atoms with Crippen LogP contribution in [0.3, 0.4) is 0 Å². The van der Waals surface area contributed by atoms with E-state index in [4.69, 9.17) is 0 Å². The highest BCUT2D eigenvalue weighted by molar-refractivity contribution is 8.00. The summed E-state index contributed by atoms with van der Waals surface area (Å²) in [6.45, 7) is 4.56. The maximum absolute atomic E-state index is 12.2. The summed E-state index contributed by atoms with van der Waals surface area (Å²) in [7, 11) is 0. The highest BCUT2D eigenvalue weighted by atomic mass is 32.2. The van der Waals surface area contributed by atoms with Crippen LogP contribution in [0.25, 0.3) is 5.65 Å². The first kappa shape index (κ1) is 13.4. The van der Waals surface area contributed by atoms with E-state index in [1.165, 1.54) is 11.5 Å². The number of hydrogen-bond donors (Lipinski definition) is 1. The Kier molecular flexibility index (Phi) is 3.65. The molecule has 5 nitrogen and oxygen atoms in total. The van der Waals surface area contributed by atoms with Crippen LogP contribution < -0.4 is 5.32 Å². The predicted octanol–water partition coefficient (Wildman–Crippen LogP) is 1.83. The van der Waals surface area contributed by atoms with Crippen molar-refractivity contribution in [1.29, 1.82) is 0 Å². The molecule has 3 rings (SSSR count). The predicted molar refractivity (Wildman–Crippen MR) is 80.2 cm³/mol. The topological polar surface area (TPSA) is 59.3 Å². The summed E-state index contributed by atoms with van der Waals surface area (Å²) in [6, 6.07) is 1.91. The molecule has 106 valence electrons. The van der Waals surface area contributed by atoms with Crippen molar-refractivity contribution in [1.82, 2.24) is 19.9 Å². The number of rotatable bonds is 4. The van der Waals surface area contributed by atoms with Crippen LogP contribution in [-0.2, 0) is 0 Å². The molecule has 1 saturated heterocycles. The number of amides is 1. The summed E-state index contributed by atoms with van der Waals surface area (Å²) in [6.07, 6.45) is 2.70. The molecule has 0 unspecified atom stereocenters. The molecule has 6 heteroatoms. The van der Waals surface area contributed by atoms with E-state index >= 15 is 0 Å². The molecule has 0 saturated carbocycles. The smallest absolute Gasteiger partial charge is 0.254 e. The number of carbonyl (C=O) groups is 1. The van der Waals surface area contributed by atoms with Gasteiger partial charge in [-0.15, -0.1) is 0 Å². The monoisotopic (exact) mass is 290 g/mol. The number of nitrogens with one attached hydrogen (secondary N) is 1. The molecular formula is C14H18N4OS. The molecule has 1 amide bonds. The van der Waals surface area contributed by atoms with Gasteiger partial charge in [0.15, 0.2) is 5.65 Å². The molecule has 1 aliphatic heterocycles. The number of aromatic nitrogens is 3. The van der Waals surface area contributed by atoms with Crippen molar-refractivity contribution in [3.8, 4) is 0 Å². The van der Waals surface area contributed by atoms with E-state index in [0.29, 0.717) is 5.56 Å². The third-order valence-electron chi connectivity index (χ3n) is 3.64. The minimum atomic E-state index is -0.0583. The minimum absolute atomic E-state index is 0.0583. The summed E-state index contributed by atoms with van der Waals surface area (Å²) < 4.78 is 1.73. The van der Waals surface area contributed by atoms with Gasteiger partial charge in [0.05, 0.1) is 17.0 Å². The van der Waals surface area contributed by atoms with E-state index < -0.39 is 0 Å². The Labute approximate surface area is 122 Å². The number of carbonyl (C=O) groups excluding carboxylic acids is 1. The molecule has 20 heavy (non-hydrogen) atoms. The van der Waals surface area contributed by atoms with Crippen molar-refractivity contribution in [3.05, 3.63) is 29.2 Å². The summed E-state index contributed by atoms with van der Waals surface area (Å²) >= 11 is 1.97. The molecule has 0 atom stereocenters. The average Bonchev–Trinajstić information content (AvgIpc) is 2.74. The van der Waals surface area contributed by atoms with Crippen LogP contribution >= 0.6 is 11.8 Å². The Bertz CT molecular complexity index is 648. The Balaban J connectivity index is 1.71. The standard InChI is InChI=1S/C14H18N4OS/c1-9-5-13-16-6-12(10(2)18(13)17-9)14(19)15-4-3-11-7-20-8-11/h5-6,11H,3-4,7-8H2,1-2H3,(H,15,19). The van der Waals surface area contributed by atoms with Crippen LogP contribution in [0.15, 0.2) is 12.3 Å². The molecule has 1 fully saturated rings. The number of nitrogens with zero attached hydrogens (tertiary/aromatic N) is 3. The Morgan fingerprint density at radius 2 is 2.30 bits per heavy atom. The normalized spacial score (nSPS) is 15.3. The molecule has 1 N–H and O–H groups in total. The van der Waals surface area contributed by atoms with Gasteiger partial charge in [-0.2, -0.15) is 16.9 Å². The molecule has 0 aliphatic carbocycles. The van der Waals surface area contributed by atoms with E-state index in [9.17, 15) is 4.79 Å². The number of fused-ring (bicyclic) bond motifs is 1. The molecule has 2 aromatic rings. The Morgan fingerprint density at radius 3 is 3.00 bits per heavy atom. The van der Waals surface area contributed by atoms with E-state index in [-0.39, 0.29) is 5.91 Å². The SMILES string of the molecule is Cc1cc2ncc(C(=O)NCCC3CSC3)c(C)n2n1. The molecule has 1 aliphatic rings. The van der Waals surface area contributed by atoms with Gasteiger partial charge in [-0.25, -0.2) is 9.50 Å². The summed E-state index contributed by atoms with van der Waals surface area (Å²) in [4.78, 5) is 16.5. The van der Waals surface area contributed by atoms with E-state index in [2.05, 4.69) is 15.4 Å². The van der Waals surface area contributed by atoms with Crippen molar-refractivity contribution in [2.45, 2.75) is 20.3 Å². The maximum Gasteiger partial charge on any atom is 0.254 e. The fraction of sp³-hybridized carbons (Fsp3) is 0.500. The van der Waals surface area contributed by atoms with Crippen LogP contribution in [0.2, 0.25) is 0 Å². The molecular weight excluding hydrogens is 272 g/mol. The lowest BCUT2D eigenvalue weighted by atomic mass is 10.1. The second kappa shape index (κ2) is 5.44. The van der Waals surface area contributed by atoms with E-state index in [1.807, 2.05) is 31.7 Å². The van der Waals surface area contributed by atoms with E-state index in [0.717, 1.165) is 35.9 Å². The second-order valence-electron chi connectivity index (χ2n) is 5.26. The van der Waals surface area contributed by atoms with Crippen molar-refractivity contribution in [2.75, 3.05) is 18.1 Å². The fourth-order valence-electron chi connectivity index (χ4n) is 2.32. The average molecular weight is 290 g/mol. The highest BCUT2D eigenvalue weighted by Crippen LogP contribution is 2.26. The Morgan fingerprint density at radius 1 is 1.50 bits per heavy atom. The zero-order valence-electron chi connectivity index (χ0n) is 11.7. The largest absolute Gasteiger partial charge is 0.352 e. The first-order chi connectivity index (χ1) is 9.65. The van der Waals surface area contributed by atoms with Gasteiger partial charge >= 0.3 is 0 Å². The van der Waals surface area contributed by atoms with Gasteiger partial charge in [-0.1, -0.05) is 0 Å². The lowest BCUT2D eigenvalue weighted by Crippen LogP contribution is -2.30. The minimum Gasteiger partial charge on any atom is -0.352 e. The quantitative estimate of drug-likeness (QED) is 0.933. The first-order valence-electron chi connectivity index (χ1n) is 6.83. The van der Waals surface area contributed by atoms with Crippen LogP contribution in [0.5, 0.6) is 0 Å². The van der Waals surface area contributed by atoms with Crippen LogP contribution in [0.4, 0.5) is 0 Å². The highest BCUT2D eigenvalue weighted by Gasteiger charge is 2.18. The van der Waals surface area contributed by atoms with Gasteiger partial charge in [-0.05, 0) is 37.7 Å². The molecule has 0 spiro atoms. The molecule has 0 radical (unpaired) electrons. The fourth-order valence-corrected chi connectivity index (χ4v) is 3.22. The van der Waals surface area contributed by atoms with Gasteiger partial charge in [0.2, 0.25) is 0 Å². The molecule has 0 aromatic carbocycles. The molecule has 3 heterocycles. The lowest BCUT2D eigenvalue weighted by Gasteiger charge is -2.24. The Hall–Kier alpha value is -1.56. The van der Waals surface area contributed by atoms with Crippen molar-refractivity contribution >= 4 is 23.3 Å². The molecule has 0 bridgehead atoms. The number of aryl methyl sites for hydroxylation is 2. The zero-order chi connectivity index (χ0) is 14.1.